The van der Waals surface area contributed by atoms with E-state index in [9.17, 15) is 9.59 Å². The Morgan fingerprint density at radius 2 is 2.06 bits per heavy atom. The van der Waals surface area contributed by atoms with Crippen molar-refractivity contribution >= 4 is 17.6 Å². The number of nitrogens with zero attached hydrogens (tertiary/aromatic N) is 1. The minimum absolute atomic E-state index is 0.0119. The van der Waals surface area contributed by atoms with Crippen molar-refractivity contribution in [2.75, 3.05) is 0 Å². The molecule has 0 aromatic carbocycles. The number of rotatable bonds is 2. The third kappa shape index (κ3) is 2.82. The zero-order chi connectivity index (χ0) is 12.5. The Morgan fingerprint density at radius 3 is 2.44 bits per heavy atom. The van der Waals surface area contributed by atoms with Gasteiger partial charge in [0.05, 0.1) is 12.0 Å². The van der Waals surface area contributed by atoms with Crippen LogP contribution in [0.3, 0.4) is 0 Å². The quantitative estimate of drug-likeness (QED) is 0.770. The smallest absolute Gasteiger partial charge is 0.308 e. The molecular weight excluding hydrogens is 232 g/mol. The van der Waals surface area contributed by atoms with Crippen molar-refractivity contribution in [2.24, 2.45) is 0 Å². The zero-order valence-electron chi connectivity index (χ0n) is 9.30. The molecule has 16 heavy (non-hydrogen) atoms. The molecule has 0 atom stereocenters. The Kier molecular flexibility index (Phi) is 3.38. The highest BCUT2D eigenvalue weighted by atomic mass is 35.5. The number of nitrogens with one attached hydrogen (secondary N) is 1. The van der Waals surface area contributed by atoms with Gasteiger partial charge in [-0.3, -0.25) is 9.59 Å². The highest BCUT2D eigenvalue weighted by molar-refractivity contribution is 6.30. The number of hydrogen-bond donors (Lipinski definition) is 2. The largest absolute Gasteiger partial charge is 0.481 e. The van der Waals surface area contributed by atoms with Crippen molar-refractivity contribution in [3.8, 4) is 0 Å². The average molecular weight is 245 g/mol. The van der Waals surface area contributed by atoms with Gasteiger partial charge in [0.15, 0.2) is 0 Å². The first kappa shape index (κ1) is 12.7. The lowest BCUT2D eigenvalue weighted by atomic mass is 9.95. The van der Waals surface area contributed by atoms with E-state index in [0.29, 0.717) is 5.82 Å². The van der Waals surface area contributed by atoms with Gasteiger partial charge < -0.3 is 10.1 Å². The first-order chi connectivity index (χ1) is 7.21. The van der Waals surface area contributed by atoms with E-state index in [1.54, 1.807) is 0 Å². The minimum Gasteiger partial charge on any atom is -0.481 e. The second-order valence-electron chi connectivity index (χ2n) is 4.50. The van der Waals surface area contributed by atoms with Gasteiger partial charge >= 0.3 is 5.97 Å². The SMILES string of the molecule is CC(C)(C)c1nc(Cl)c(CC(=O)O)c(=O)[nH]1. The summed E-state index contributed by atoms with van der Waals surface area (Å²) in [6.45, 7) is 5.62. The fourth-order valence-electron chi connectivity index (χ4n) is 1.13. The van der Waals surface area contributed by atoms with Crippen molar-refractivity contribution in [3.05, 3.63) is 26.9 Å². The molecule has 0 aliphatic heterocycles. The number of aliphatic carboxylic acids is 1. The summed E-state index contributed by atoms with van der Waals surface area (Å²) in [5.74, 6) is -0.672. The fraction of sp³-hybridized carbons (Fsp3) is 0.500. The fourth-order valence-corrected chi connectivity index (χ4v) is 1.37. The Labute approximate surface area is 97.5 Å². The highest BCUT2D eigenvalue weighted by Gasteiger charge is 2.20. The number of aromatic amines is 1. The summed E-state index contributed by atoms with van der Waals surface area (Å²) in [5.41, 5.74) is -0.848. The molecular formula is C10H13ClN2O3. The summed E-state index contributed by atoms with van der Waals surface area (Å²) in [5, 5.41) is 8.56. The van der Waals surface area contributed by atoms with Crippen LogP contribution < -0.4 is 5.56 Å². The Morgan fingerprint density at radius 1 is 1.50 bits per heavy atom. The average Bonchev–Trinajstić information content (AvgIpc) is 2.09. The lowest BCUT2D eigenvalue weighted by molar-refractivity contribution is -0.136. The topological polar surface area (TPSA) is 83.0 Å². The zero-order valence-corrected chi connectivity index (χ0v) is 10.1. The minimum atomic E-state index is -1.11. The van der Waals surface area contributed by atoms with Gasteiger partial charge in [-0.2, -0.15) is 0 Å². The van der Waals surface area contributed by atoms with Crippen LogP contribution in [0, 0.1) is 0 Å². The highest BCUT2D eigenvalue weighted by Crippen LogP contribution is 2.19. The second kappa shape index (κ2) is 4.25. The van der Waals surface area contributed by atoms with Crippen LogP contribution in [0.1, 0.15) is 32.2 Å². The molecule has 88 valence electrons. The first-order valence-electron chi connectivity index (χ1n) is 4.73. The molecule has 1 aromatic rings. The number of carboxylic acid groups (broad SMARTS) is 1. The molecule has 0 amide bonds. The number of H-pyrrole nitrogens is 1. The van der Waals surface area contributed by atoms with Crippen molar-refractivity contribution in [3.63, 3.8) is 0 Å². The summed E-state index contributed by atoms with van der Waals surface area (Å²) in [4.78, 5) is 28.7. The molecule has 0 unspecified atom stereocenters. The molecule has 6 heteroatoms. The number of halogens is 1. The molecule has 0 bridgehead atoms. The third-order valence-electron chi connectivity index (χ3n) is 2.00. The van der Waals surface area contributed by atoms with Crippen molar-refractivity contribution in [2.45, 2.75) is 32.6 Å². The molecule has 1 rings (SSSR count). The molecule has 1 heterocycles. The predicted molar refractivity (Wildman–Crippen MR) is 59.9 cm³/mol. The van der Waals surface area contributed by atoms with Crippen LogP contribution in [0.2, 0.25) is 5.15 Å². The third-order valence-corrected chi connectivity index (χ3v) is 2.32. The summed E-state index contributed by atoms with van der Waals surface area (Å²) in [6.07, 6.45) is -0.425. The lowest BCUT2D eigenvalue weighted by Crippen LogP contribution is -2.25. The van der Waals surface area contributed by atoms with E-state index in [2.05, 4.69) is 9.97 Å². The number of aromatic nitrogens is 2. The van der Waals surface area contributed by atoms with E-state index < -0.39 is 17.9 Å². The second-order valence-corrected chi connectivity index (χ2v) is 4.86. The summed E-state index contributed by atoms with van der Waals surface area (Å²) in [6, 6.07) is 0. The van der Waals surface area contributed by atoms with Crippen LogP contribution in [0.15, 0.2) is 4.79 Å². The van der Waals surface area contributed by atoms with E-state index in [-0.39, 0.29) is 16.1 Å². The molecule has 0 radical (unpaired) electrons. The standard InChI is InChI=1S/C10H13ClN2O3/c1-10(2,3)9-12-7(11)5(4-6(14)15)8(16)13-9/h4H2,1-3H3,(H,14,15)(H,12,13,16). The molecule has 0 aliphatic rings. The molecule has 0 aliphatic carbocycles. The van der Waals surface area contributed by atoms with Gasteiger partial charge in [0.2, 0.25) is 0 Å². The van der Waals surface area contributed by atoms with Gasteiger partial charge in [-0.05, 0) is 0 Å². The number of hydrogen-bond acceptors (Lipinski definition) is 3. The van der Waals surface area contributed by atoms with Crippen LogP contribution in [0.4, 0.5) is 0 Å². The molecule has 0 saturated heterocycles. The maximum absolute atomic E-state index is 11.6. The molecule has 0 spiro atoms. The normalized spacial score (nSPS) is 11.5. The van der Waals surface area contributed by atoms with E-state index in [0.717, 1.165) is 0 Å². The Balaban J connectivity index is 3.29. The monoisotopic (exact) mass is 244 g/mol. The van der Waals surface area contributed by atoms with Gasteiger partial charge in [-0.1, -0.05) is 32.4 Å². The molecule has 2 N–H and O–H groups in total. The first-order valence-corrected chi connectivity index (χ1v) is 5.10. The van der Waals surface area contributed by atoms with E-state index in [4.69, 9.17) is 16.7 Å². The predicted octanol–water partition coefficient (Wildman–Crippen LogP) is 1.35. The number of carboxylic acids is 1. The summed E-state index contributed by atoms with van der Waals surface area (Å²) >= 11 is 5.79. The Bertz CT molecular complexity index is 474. The molecule has 5 nitrogen and oxygen atoms in total. The molecule has 0 saturated carbocycles. The maximum atomic E-state index is 11.6. The van der Waals surface area contributed by atoms with Gasteiger partial charge in [-0.25, -0.2) is 4.98 Å². The lowest BCUT2D eigenvalue weighted by Gasteiger charge is -2.17. The van der Waals surface area contributed by atoms with Gasteiger partial charge in [-0.15, -0.1) is 0 Å². The molecule has 0 fully saturated rings. The van der Waals surface area contributed by atoms with Gasteiger partial charge in [0.1, 0.15) is 11.0 Å². The van der Waals surface area contributed by atoms with Gasteiger partial charge in [0.25, 0.3) is 5.56 Å². The number of carbonyl (C=O) groups is 1. The summed E-state index contributed by atoms with van der Waals surface area (Å²) in [7, 11) is 0. The van der Waals surface area contributed by atoms with E-state index >= 15 is 0 Å². The van der Waals surface area contributed by atoms with E-state index in [1.165, 1.54) is 0 Å². The van der Waals surface area contributed by atoms with Crippen LogP contribution in [-0.2, 0) is 16.6 Å². The van der Waals surface area contributed by atoms with Crippen LogP contribution in [-0.4, -0.2) is 21.0 Å². The Hall–Kier alpha value is -1.36. The van der Waals surface area contributed by atoms with Crippen molar-refractivity contribution < 1.29 is 9.90 Å². The van der Waals surface area contributed by atoms with Gasteiger partial charge in [0, 0.05) is 5.41 Å². The van der Waals surface area contributed by atoms with Crippen molar-refractivity contribution in [1.29, 1.82) is 0 Å². The summed E-state index contributed by atoms with van der Waals surface area (Å²) < 4.78 is 0. The van der Waals surface area contributed by atoms with Crippen molar-refractivity contribution in [1.82, 2.24) is 9.97 Å². The van der Waals surface area contributed by atoms with Crippen LogP contribution in [0.5, 0.6) is 0 Å². The maximum Gasteiger partial charge on any atom is 0.308 e. The molecule has 1 aromatic heterocycles. The van der Waals surface area contributed by atoms with Crippen LogP contribution >= 0.6 is 11.6 Å². The van der Waals surface area contributed by atoms with Crippen LogP contribution in [0.25, 0.3) is 0 Å². The van der Waals surface area contributed by atoms with E-state index in [1.807, 2.05) is 20.8 Å².